The first-order valence-corrected chi connectivity index (χ1v) is 7.70. The van der Waals surface area contributed by atoms with E-state index in [0.29, 0.717) is 12.1 Å². The van der Waals surface area contributed by atoms with Crippen LogP contribution in [0.3, 0.4) is 0 Å². The van der Waals surface area contributed by atoms with Gasteiger partial charge in [-0.25, -0.2) is 0 Å². The van der Waals surface area contributed by atoms with Gasteiger partial charge in [-0.1, -0.05) is 11.6 Å². The van der Waals surface area contributed by atoms with Crippen LogP contribution in [0.2, 0.25) is 4.34 Å². The Hall–Kier alpha value is -0.350. The molecule has 1 nitrogen and oxygen atoms in total. The van der Waals surface area contributed by atoms with Crippen molar-refractivity contribution in [2.45, 2.75) is 32.9 Å². The molecular formula is C13H16ClNS2. The Morgan fingerprint density at radius 1 is 1.18 bits per heavy atom. The molecule has 2 aromatic rings. The van der Waals surface area contributed by atoms with Crippen molar-refractivity contribution in [3.63, 3.8) is 0 Å². The van der Waals surface area contributed by atoms with Gasteiger partial charge in [-0.3, -0.25) is 0 Å². The minimum Gasteiger partial charge on any atom is -0.302 e. The summed E-state index contributed by atoms with van der Waals surface area (Å²) in [5, 5.41) is 5.76. The molecule has 0 spiro atoms. The predicted octanol–water partition coefficient (Wildman–Crippen LogP) is 5.18. The van der Waals surface area contributed by atoms with Crippen LogP contribution in [0, 0.1) is 6.92 Å². The van der Waals surface area contributed by atoms with Gasteiger partial charge in [-0.15, -0.1) is 22.7 Å². The van der Waals surface area contributed by atoms with Crippen molar-refractivity contribution >= 4 is 34.3 Å². The van der Waals surface area contributed by atoms with Crippen molar-refractivity contribution < 1.29 is 0 Å². The molecule has 2 atom stereocenters. The maximum Gasteiger partial charge on any atom is 0.0931 e. The van der Waals surface area contributed by atoms with E-state index in [-0.39, 0.29) is 0 Å². The van der Waals surface area contributed by atoms with E-state index in [9.17, 15) is 0 Å². The largest absolute Gasteiger partial charge is 0.302 e. The lowest BCUT2D eigenvalue weighted by molar-refractivity contribution is 0.504. The lowest BCUT2D eigenvalue weighted by Gasteiger charge is -2.19. The summed E-state index contributed by atoms with van der Waals surface area (Å²) in [6.45, 7) is 6.56. The molecule has 1 N–H and O–H groups in total. The Kier molecular flexibility index (Phi) is 4.26. The molecule has 0 radical (unpaired) electrons. The fraction of sp³-hybridized carbons (Fsp3) is 0.385. The predicted molar refractivity (Wildman–Crippen MR) is 78.4 cm³/mol. The van der Waals surface area contributed by atoms with Crippen LogP contribution in [0.25, 0.3) is 0 Å². The lowest BCUT2D eigenvalue weighted by Crippen LogP contribution is -2.21. The number of rotatable bonds is 4. The van der Waals surface area contributed by atoms with Gasteiger partial charge in [0.25, 0.3) is 0 Å². The summed E-state index contributed by atoms with van der Waals surface area (Å²) >= 11 is 9.42. The number of thiophene rings is 2. The molecule has 2 unspecified atom stereocenters. The highest BCUT2D eigenvalue weighted by Crippen LogP contribution is 2.30. The summed E-state index contributed by atoms with van der Waals surface area (Å²) in [7, 11) is 0. The second-order valence-corrected chi connectivity index (χ2v) is 6.91. The molecule has 92 valence electrons. The van der Waals surface area contributed by atoms with Crippen LogP contribution in [0.4, 0.5) is 0 Å². The minimum atomic E-state index is 0.337. The molecule has 0 bridgehead atoms. The van der Waals surface area contributed by atoms with Gasteiger partial charge in [-0.2, -0.15) is 0 Å². The molecule has 2 rings (SSSR count). The average molecular weight is 286 g/mol. The molecule has 0 saturated carbocycles. The molecule has 0 aliphatic carbocycles. The SMILES string of the molecule is Cc1ccsc1C(C)NC(C)c1ccc(Cl)s1. The molecule has 2 heterocycles. The van der Waals surface area contributed by atoms with Crippen molar-refractivity contribution in [2.24, 2.45) is 0 Å². The Morgan fingerprint density at radius 3 is 2.47 bits per heavy atom. The van der Waals surface area contributed by atoms with Crippen LogP contribution in [-0.2, 0) is 0 Å². The van der Waals surface area contributed by atoms with Gasteiger partial charge in [0.1, 0.15) is 0 Å². The second-order valence-electron chi connectivity index (χ2n) is 4.22. The van der Waals surface area contributed by atoms with E-state index in [1.54, 1.807) is 11.3 Å². The Balaban J connectivity index is 2.04. The summed E-state index contributed by atoms with van der Waals surface area (Å²) in [6.07, 6.45) is 0. The zero-order chi connectivity index (χ0) is 12.4. The van der Waals surface area contributed by atoms with Crippen LogP contribution >= 0.6 is 34.3 Å². The van der Waals surface area contributed by atoms with Crippen molar-refractivity contribution in [2.75, 3.05) is 0 Å². The average Bonchev–Trinajstić information content (AvgIpc) is 2.86. The molecule has 0 fully saturated rings. The molecule has 0 amide bonds. The van der Waals surface area contributed by atoms with E-state index >= 15 is 0 Å². The first-order valence-electron chi connectivity index (χ1n) is 5.63. The van der Waals surface area contributed by atoms with Crippen LogP contribution in [-0.4, -0.2) is 0 Å². The van der Waals surface area contributed by atoms with Gasteiger partial charge in [0.05, 0.1) is 4.34 Å². The Labute approximate surface area is 115 Å². The highest BCUT2D eigenvalue weighted by atomic mass is 35.5. The smallest absolute Gasteiger partial charge is 0.0931 e. The highest BCUT2D eigenvalue weighted by molar-refractivity contribution is 7.16. The number of nitrogens with one attached hydrogen (secondary N) is 1. The zero-order valence-corrected chi connectivity index (χ0v) is 12.5. The van der Waals surface area contributed by atoms with Crippen molar-refractivity contribution in [1.82, 2.24) is 5.32 Å². The molecule has 17 heavy (non-hydrogen) atoms. The first kappa shape index (κ1) is 13.1. The van der Waals surface area contributed by atoms with Gasteiger partial charge in [0, 0.05) is 21.8 Å². The van der Waals surface area contributed by atoms with Crippen LogP contribution in [0.5, 0.6) is 0 Å². The topological polar surface area (TPSA) is 12.0 Å². The normalized spacial score (nSPS) is 14.8. The number of halogens is 1. The van der Waals surface area contributed by atoms with E-state index in [2.05, 4.69) is 43.6 Å². The Bertz CT molecular complexity index is 489. The van der Waals surface area contributed by atoms with Gasteiger partial charge in [0.15, 0.2) is 0 Å². The van der Waals surface area contributed by atoms with Crippen LogP contribution in [0.1, 0.15) is 41.2 Å². The maximum absolute atomic E-state index is 5.96. The molecule has 2 aromatic heterocycles. The maximum atomic E-state index is 5.96. The number of aryl methyl sites for hydroxylation is 1. The van der Waals surface area contributed by atoms with Gasteiger partial charge in [0.2, 0.25) is 0 Å². The monoisotopic (exact) mass is 285 g/mol. The summed E-state index contributed by atoms with van der Waals surface area (Å²) in [5.74, 6) is 0. The molecule has 0 aliphatic rings. The quantitative estimate of drug-likeness (QED) is 0.816. The fourth-order valence-electron chi connectivity index (χ4n) is 1.92. The molecule has 0 aromatic carbocycles. The lowest BCUT2D eigenvalue weighted by atomic mass is 10.1. The van der Waals surface area contributed by atoms with Crippen molar-refractivity contribution in [3.05, 3.63) is 43.2 Å². The third kappa shape index (κ3) is 3.10. The van der Waals surface area contributed by atoms with E-state index < -0.39 is 0 Å². The van der Waals surface area contributed by atoms with Crippen molar-refractivity contribution in [3.8, 4) is 0 Å². The van der Waals surface area contributed by atoms with Crippen molar-refractivity contribution in [1.29, 1.82) is 0 Å². The van der Waals surface area contributed by atoms with Crippen LogP contribution < -0.4 is 5.32 Å². The summed E-state index contributed by atoms with van der Waals surface area (Å²) in [6, 6.07) is 6.94. The molecule has 0 aliphatic heterocycles. The van der Waals surface area contributed by atoms with E-state index in [4.69, 9.17) is 11.6 Å². The molecule has 0 saturated heterocycles. The second kappa shape index (κ2) is 5.53. The highest BCUT2D eigenvalue weighted by Gasteiger charge is 2.14. The van der Waals surface area contributed by atoms with E-state index in [0.717, 1.165) is 4.34 Å². The van der Waals surface area contributed by atoms with Gasteiger partial charge in [-0.05, 0) is 49.9 Å². The fourth-order valence-corrected chi connectivity index (χ4v) is 3.94. The summed E-state index contributed by atoms with van der Waals surface area (Å²) in [4.78, 5) is 2.70. The minimum absolute atomic E-state index is 0.337. The summed E-state index contributed by atoms with van der Waals surface area (Å²) < 4.78 is 0.855. The van der Waals surface area contributed by atoms with Crippen LogP contribution in [0.15, 0.2) is 23.6 Å². The molecular weight excluding hydrogens is 270 g/mol. The van der Waals surface area contributed by atoms with Gasteiger partial charge >= 0.3 is 0 Å². The van der Waals surface area contributed by atoms with E-state index in [1.807, 2.05) is 17.4 Å². The zero-order valence-electron chi connectivity index (χ0n) is 10.2. The third-order valence-corrected chi connectivity index (χ3v) is 5.43. The Morgan fingerprint density at radius 2 is 1.94 bits per heavy atom. The van der Waals surface area contributed by atoms with Gasteiger partial charge < -0.3 is 5.32 Å². The number of hydrogen-bond acceptors (Lipinski definition) is 3. The van der Waals surface area contributed by atoms with E-state index in [1.165, 1.54) is 15.3 Å². The third-order valence-electron chi connectivity index (χ3n) is 2.82. The number of hydrogen-bond donors (Lipinski definition) is 1. The first-order chi connectivity index (χ1) is 8.08. The molecule has 4 heteroatoms. The standard InChI is InChI=1S/C13H16ClNS2/c1-8-6-7-16-13(8)10(3)15-9(2)11-4-5-12(14)17-11/h4-7,9-10,15H,1-3H3. The summed E-state index contributed by atoms with van der Waals surface area (Å²) in [5.41, 5.74) is 1.37.